The molecule has 0 unspecified atom stereocenters. The van der Waals surface area contributed by atoms with E-state index in [9.17, 15) is 0 Å². The van der Waals surface area contributed by atoms with E-state index in [-0.39, 0.29) is 24.0 Å². The summed E-state index contributed by atoms with van der Waals surface area (Å²) in [5.41, 5.74) is 4.81. The Kier molecular flexibility index (Phi) is 13.2. The number of hydrogen-bond acceptors (Lipinski definition) is 4. The van der Waals surface area contributed by atoms with E-state index in [4.69, 9.17) is 9.47 Å². The Balaban J connectivity index is 0.00000480. The lowest BCUT2D eigenvalue weighted by atomic mass is 10.1. The molecule has 0 fully saturated rings. The zero-order valence-electron chi connectivity index (χ0n) is 19.4. The second-order valence-electron chi connectivity index (χ2n) is 7.38. The van der Waals surface area contributed by atoms with Crippen LogP contribution >= 0.6 is 24.0 Å². The predicted molar refractivity (Wildman–Crippen MR) is 139 cm³/mol. The van der Waals surface area contributed by atoms with E-state index in [1.54, 1.807) is 14.2 Å². The molecule has 7 heteroatoms. The van der Waals surface area contributed by atoms with Gasteiger partial charge in [-0.2, -0.15) is 0 Å². The standard InChI is InChI=1S/C24H36N4O2.HI/c1-6-28(4)18-21-9-7-8-20(15-21)16-26-24(25-3)27-17-22-11-10-19(2)14-23(22)30-13-12-29-5;/h7-11,14-15H,6,12-13,16-18H2,1-5H3,(H2,25,26,27);1H. The van der Waals surface area contributed by atoms with Crippen molar-refractivity contribution >= 4 is 29.9 Å². The summed E-state index contributed by atoms with van der Waals surface area (Å²) < 4.78 is 11.0. The first-order valence-electron chi connectivity index (χ1n) is 10.5. The van der Waals surface area contributed by atoms with Crippen molar-refractivity contribution in [2.75, 3.05) is 41.0 Å². The molecule has 31 heavy (non-hydrogen) atoms. The van der Waals surface area contributed by atoms with Gasteiger partial charge >= 0.3 is 0 Å². The average Bonchev–Trinajstić information content (AvgIpc) is 2.75. The molecule has 2 aromatic rings. The molecule has 0 radical (unpaired) electrons. The number of nitrogens with one attached hydrogen (secondary N) is 2. The summed E-state index contributed by atoms with van der Waals surface area (Å²) in [6.07, 6.45) is 0. The van der Waals surface area contributed by atoms with Crippen LogP contribution in [0.25, 0.3) is 0 Å². The number of hydrogen-bond donors (Lipinski definition) is 2. The summed E-state index contributed by atoms with van der Waals surface area (Å²) >= 11 is 0. The van der Waals surface area contributed by atoms with Crippen LogP contribution in [0.1, 0.15) is 29.2 Å². The van der Waals surface area contributed by atoms with Crippen molar-refractivity contribution in [1.82, 2.24) is 15.5 Å². The van der Waals surface area contributed by atoms with Crippen LogP contribution in [0.3, 0.4) is 0 Å². The van der Waals surface area contributed by atoms with Gasteiger partial charge < -0.3 is 25.0 Å². The highest BCUT2D eigenvalue weighted by atomic mass is 127. The molecule has 0 atom stereocenters. The van der Waals surface area contributed by atoms with E-state index in [1.165, 1.54) is 16.7 Å². The smallest absolute Gasteiger partial charge is 0.191 e. The molecule has 0 aliphatic heterocycles. The second kappa shape index (κ2) is 15.0. The van der Waals surface area contributed by atoms with Crippen molar-refractivity contribution in [3.05, 3.63) is 64.7 Å². The first-order chi connectivity index (χ1) is 14.5. The van der Waals surface area contributed by atoms with Gasteiger partial charge in [-0.05, 0) is 43.3 Å². The van der Waals surface area contributed by atoms with Gasteiger partial charge in [-0.3, -0.25) is 4.99 Å². The third kappa shape index (κ3) is 9.88. The van der Waals surface area contributed by atoms with Crippen molar-refractivity contribution in [3.8, 4) is 5.75 Å². The summed E-state index contributed by atoms with van der Waals surface area (Å²) in [4.78, 5) is 6.64. The van der Waals surface area contributed by atoms with Crippen LogP contribution in [0.15, 0.2) is 47.5 Å². The molecule has 0 bridgehead atoms. The van der Waals surface area contributed by atoms with Gasteiger partial charge in [-0.1, -0.05) is 43.3 Å². The Morgan fingerprint density at radius 2 is 1.77 bits per heavy atom. The summed E-state index contributed by atoms with van der Waals surface area (Å²) in [7, 11) is 5.59. The minimum Gasteiger partial charge on any atom is -0.491 e. The fourth-order valence-corrected chi connectivity index (χ4v) is 3.02. The maximum Gasteiger partial charge on any atom is 0.191 e. The molecule has 2 N–H and O–H groups in total. The topological polar surface area (TPSA) is 58.1 Å². The molecular formula is C24H37IN4O2. The Bertz CT molecular complexity index is 814. The lowest BCUT2D eigenvalue weighted by molar-refractivity contribution is 0.145. The third-order valence-electron chi connectivity index (χ3n) is 4.88. The van der Waals surface area contributed by atoms with Crippen LogP contribution in [0.5, 0.6) is 5.75 Å². The number of aliphatic imine (C=N–C) groups is 1. The molecule has 0 aromatic heterocycles. The average molecular weight is 540 g/mol. The summed E-state index contributed by atoms with van der Waals surface area (Å²) in [5, 5.41) is 6.78. The maximum absolute atomic E-state index is 5.88. The number of benzene rings is 2. The molecule has 0 saturated carbocycles. The summed E-state index contributed by atoms with van der Waals surface area (Å²) in [6.45, 7) is 8.67. The number of aryl methyl sites for hydroxylation is 1. The number of rotatable bonds is 11. The highest BCUT2D eigenvalue weighted by Gasteiger charge is 2.07. The van der Waals surface area contributed by atoms with Gasteiger partial charge in [0.15, 0.2) is 5.96 Å². The quantitative estimate of drug-likeness (QED) is 0.196. The number of nitrogens with zero attached hydrogens (tertiary/aromatic N) is 2. The van der Waals surface area contributed by atoms with Crippen LogP contribution in [-0.4, -0.2) is 51.8 Å². The molecule has 172 valence electrons. The lowest BCUT2D eigenvalue weighted by Gasteiger charge is -2.16. The number of halogens is 1. The van der Waals surface area contributed by atoms with Gasteiger partial charge in [0.2, 0.25) is 0 Å². The van der Waals surface area contributed by atoms with Gasteiger partial charge in [0.05, 0.1) is 6.61 Å². The van der Waals surface area contributed by atoms with E-state index >= 15 is 0 Å². The molecule has 0 heterocycles. The molecular weight excluding hydrogens is 503 g/mol. The van der Waals surface area contributed by atoms with Gasteiger partial charge in [-0.15, -0.1) is 24.0 Å². The molecule has 0 aliphatic carbocycles. The maximum atomic E-state index is 5.88. The largest absolute Gasteiger partial charge is 0.491 e. The van der Waals surface area contributed by atoms with Gasteiger partial charge in [0, 0.05) is 39.4 Å². The van der Waals surface area contributed by atoms with E-state index < -0.39 is 0 Å². The van der Waals surface area contributed by atoms with Crippen LogP contribution in [0.2, 0.25) is 0 Å². The SMILES string of the molecule is CCN(C)Cc1cccc(CNC(=NC)NCc2ccc(C)cc2OCCOC)c1.I. The number of guanidine groups is 1. The van der Waals surface area contributed by atoms with E-state index in [2.05, 4.69) is 83.9 Å². The lowest BCUT2D eigenvalue weighted by Crippen LogP contribution is -2.36. The first kappa shape index (κ1) is 27.2. The predicted octanol–water partition coefficient (Wildman–Crippen LogP) is 3.96. The summed E-state index contributed by atoms with van der Waals surface area (Å²) in [6, 6.07) is 14.9. The van der Waals surface area contributed by atoms with E-state index in [0.717, 1.165) is 30.4 Å². The third-order valence-corrected chi connectivity index (χ3v) is 4.88. The molecule has 0 saturated heterocycles. The Labute approximate surface area is 204 Å². The highest BCUT2D eigenvalue weighted by Crippen LogP contribution is 2.20. The first-order valence-corrected chi connectivity index (χ1v) is 10.5. The Morgan fingerprint density at radius 1 is 1.03 bits per heavy atom. The fourth-order valence-electron chi connectivity index (χ4n) is 3.02. The Morgan fingerprint density at radius 3 is 2.48 bits per heavy atom. The molecule has 2 rings (SSSR count). The normalized spacial score (nSPS) is 11.2. The van der Waals surface area contributed by atoms with Gasteiger partial charge in [0.25, 0.3) is 0 Å². The van der Waals surface area contributed by atoms with Gasteiger partial charge in [0.1, 0.15) is 12.4 Å². The van der Waals surface area contributed by atoms with Crippen molar-refractivity contribution in [2.24, 2.45) is 4.99 Å². The molecule has 0 spiro atoms. The van der Waals surface area contributed by atoms with Crippen LogP contribution in [0, 0.1) is 6.92 Å². The van der Waals surface area contributed by atoms with Crippen molar-refractivity contribution in [2.45, 2.75) is 33.5 Å². The number of ether oxygens (including phenoxy) is 2. The minimum atomic E-state index is 0. The molecule has 0 aliphatic rings. The molecule has 2 aromatic carbocycles. The minimum absolute atomic E-state index is 0. The zero-order valence-corrected chi connectivity index (χ0v) is 21.7. The Hall–Kier alpha value is -1.84. The van der Waals surface area contributed by atoms with Crippen LogP contribution < -0.4 is 15.4 Å². The van der Waals surface area contributed by atoms with Crippen molar-refractivity contribution in [1.29, 1.82) is 0 Å². The fraction of sp³-hybridized carbons (Fsp3) is 0.458. The highest BCUT2D eigenvalue weighted by molar-refractivity contribution is 14.0. The molecule has 0 amide bonds. The van der Waals surface area contributed by atoms with Crippen LogP contribution in [-0.2, 0) is 24.4 Å². The summed E-state index contributed by atoms with van der Waals surface area (Å²) in [5.74, 6) is 1.64. The van der Waals surface area contributed by atoms with E-state index in [1.807, 2.05) is 0 Å². The van der Waals surface area contributed by atoms with Crippen LogP contribution in [0.4, 0.5) is 0 Å². The van der Waals surface area contributed by atoms with Crippen molar-refractivity contribution in [3.63, 3.8) is 0 Å². The number of methoxy groups -OCH3 is 1. The van der Waals surface area contributed by atoms with Gasteiger partial charge in [-0.25, -0.2) is 0 Å². The monoisotopic (exact) mass is 540 g/mol. The van der Waals surface area contributed by atoms with Crippen molar-refractivity contribution < 1.29 is 9.47 Å². The zero-order chi connectivity index (χ0) is 21.8. The second-order valence-corrected chi connectivity index (χ2v) is 7.38. The molecule has 6 nitrogen and oxygen atoms in total. The van der Waals surface area contributed by atoms with E-state index in [0.29, 0.717) is 26.3 Å².